The summed E-state index contributed by atoms with van der Waals surface area (Å²) in [6.07, 6.45) is 5.62. The van der Waals surface area contributed by atoms with Crippen molar-refractivity contribution in [2.75, 3.05) is 65.3 Å². The fourth-order valence-electron chi connectivity index (χ4n) is 1.67. The molecular weight excluding hydrogens is 336 g/mol. The third kappa shape index (κ3) is 19.4. The van der Waals surface area contributed by atoms with Crippen LogP contribution in [0.2, 0.25) is 0 Å². The van der Waals surface area contributed by atoms with E-state index in [-0.39, 0.29) is 6.61 Å². The molecule has 142 valence electrons. The lowest BCUT2D eigenvalue weighted by Crippen LogP contribution is -2.14. The normalized spacial score (nSPS) is 10.7. The van der Waals surface area contributed by atoms with Crippen molar-refractivity contribution < 1.29 is 28.5 Å². The highest BCUT2D eigenvalue weighted by atomic mass is 35.5. The molecule has 6 nitrogen and oxygen atoms in total. The molecule has 0 saturated heterocycles. The first-order valence-corrected chi connectivity index (χ1v) is 9.01. The smallest absolute Gasteiger partial charge is 0.330 e. The van der Waals surface area contributed by atoms with Crippen LogP contribution in [0.5, 0.6) is 0 Å². The first kappa shape index (κ1) is 23.3. The Hall–Kier alpha value is -0.660. The molecule has 0 aromatic heterocycles. The van der Waals surface area contributed by atoms with E-state index < -0.39 is 5.97 Å². The SMILES string of the molecule is C=CC(=O)OCCOCCOCCOCCOCCCCCCCl. The Morgan fingerprint density at radius 2 is 1.17 bits per heavy atom. The quantitative estimate of drug-likeness (QED) is 0.151. The summed E-state index contributed by atoms with van der Waals surface area (Å²) in [7, 11) is 0. The second kappa shape index (κ2) is 20.4. The average Bonchev–Trinajstić information content (AvgIpc) is 2.60. The maximum Gasteiger partial charge on any atom is 0.330 e. The lowest BCUT2D eigenvalue weighted by Gasteiger charge is -2.07. The van der Waals surface area contributed by atoms with Gasteiger partial charge in [0.25, 0.3) is 0 Å². The lowest BCUT2D eigenvalue weighted by molar-refractivity contribution is -0.139. The van der Waals surface area contributed by atoms with Crippen LogP contribution in [0.3, 0.4) is 0 Å². The highest BCUT2D eigenvalue weighted by molar-refractivity contribution is 6.17. The Kier molecular flexibility index (Phi) is 19.8. The number of hydrogen-bond donors (Lipinski definition) is 0. The summed E-state index contributed by atoms with van der Waals surface area (Å²) in [5.74, 6) is 0.302. The van der Waals surface area contributed by atoms with Gasteiger partial charge in [-0.15, -0.1) is 11.6 Å². The van der Waals surface area contributed by atoms with E-state index in [1.54, 1.807) is 0 Å². The molecule has 0 atom stereocenters. The molecule has 0 spiro atoms. The number of halogens is 1. The first-order chi connectivity index (χ1) is 11.8. The minimum atomic E-state index is -0.442. The molecule has 0 aliphatic carbocycles. The lowest BCUT2D eigenvalue weighted by atomic mass is 10.2. The second-order valence-electron chi connectivity index (χ2n) is 4.92. The van der Waals surface area contributed by atoms with E-state index in [9.17, 15) is 4.79 Å². The predicted octanol–water partition coefficient (Wildman–Crippen LogP) is 2.58. The predicted molar refractivity (Wildman–Crippen MR) is 93.6 cm³/mol. The van der Waals surface area contributed by atoms with Crippen molar-refractivity contribution in [2.24, 2.45) is 0 Å². The van der Waals surface area contributed by atoms with Crippen LogP contribution in [0, 0.1) is 0 Å². The minimum absolute atomic E-state index is 0.223. The molecule has 0 aliphatic rings. The number of unbranched alkanes of at least 4 members (excludes halogenated alkanes) is 3. The number of carbonyl (C=O) groups excluding carboxylic acids is 1. The van der Waals surface area contributed by atoms with Gasteiger partial charge in [0.1, 0.15) is 6.61 Å². The molecule has 24 heavy (non-hydrogen) atoms. The molecule has 0 rings (SSSR count). The van der Waals surface area contributed by atoms with Gasteiger partial charge in [-0.1, -0.05) is 19.4 Å². The molecule has 7 heteroatoms. The Balaban J connectivity index is 3.00. The zero-order valence-corrected chi connectivity index (χ0v) is 15.3. The van der Waals surface area contributed by atoms with E-state index in [1.165, 1.54) is 12.8 Å². The van der Waals surface area contributed by atoms with Gasteiger partial charge in [-0.05, 0) is 12.8 Å². The van der Waals surface area contributed by atoms with Crippen LogP contribution in [0.25, 0.3) is 0 Å². The van der Waals surface area contributed by atoms with E-state index in [1.807, 2.05) is 0 Å². The van der Waals surface area contributed by atoms with Crippen molar-refractivity contribution in [3.05, 3.63) is 12.7 Å². The van der Waals surface area contributed by atoms with Crippen molar-refractivity contribution in [2.45, 2.75) is 25.7 Å². The van der Waals surface area contributed by atoms with E-state index in [0.717, 1.165) is 31.4 Å². The summed E-state index contributed by atoms with van der Waals surface area (Å²) >= 11 is 5.60. The molecule has 0 unspecified atom stereocenters. The molecule has 0 aliphatic heterocycles. The number of carbonyl (C=O) groups is 1. The van der Waals surface area contributed by atoms with Gasteiger partial charge in [0.15, 0.2) is 0 Å². The van der Waals surface area contributed by atoms with Crippen molar-refractivity contribution >= 4 is 17.6 Å². The summed E-state index contributed by atoms with van der Waals surface area (Å²) in [5, 5.41) is 0. The van der Waals surface area contributed by atoms with Crippen molar-refractivity contribution in [3.8, 4) is 0 Å². The van der Waals surface area contributed by atoms with Gasteiger partial charge in [0, 0.05) is 18.6 Å². The van der Waals surface area contributed by atoms with E-state index in [4.69, 9.17) is 35.3 Å². The highest BCUT2D eigenvalue weighted by Gasteiger charge is 1.96. The highest BCUT2D eigenvalue weighted by Crippen LogP contribution is 2.01. The van der Waals surface area contributed by atoms with Crippen LogP contribution in [0.15, 0.2) is 12.7 Å². The average molecular weight is 367 g/mol. The topological polar surface area (TPSA) is 63.2 Å². The fourth-order valence-corrected chi connectivity index (χ4v) is 1.86. The maximum atomic E-state index is 10.7. The maximum absolute atomic E-state index is 10.7. The van der Waals surface area contributed by atoms with Gasteiger partial charge in [-0.2, -0.15) is 0 Å². The van der Waals surface area contributed by atoms with Gasteiger partial charge >= 0.3 is 5.97 Å². The molecule has 0 N–H and O–H groups in total. The van der Waals surface area contributed by atoms with Gasteiger partial charge in [-0.3, -0.25) is 0 Å². The largest absolute Gasteiger partial charge is 0.460 e. The van der Waals surface area contributed by atoms with Gasteiger partial charge in [0.2, 0.25) is 0 Å². The number of alkyl halides is 1. The third-order valence-electron chi connectivity index (χ3n) is 2.93. The van der Waals surface area contributed by atoms with E-state index >= 15 is 0 Å². The van der Waals surface area contributed by atoms with E-state index in [0.29, 0.717) is 46.2 Å². The molecule has 0 radical (unpaired) electrons. The molecule has 0 aromatic rings. The summed E-state index contributed by atoms with van der Waals surface area (Å²) in [6.45, 7) is 7.84. The third-order valence-corrected chi connectivity index (χ3v) is 3.19. The second-order valence-corrected chi connectivity index (χ2v) is 5.30. The van der Waals surface area contributed by atoms with Gasteiger partial charge in [0.05, 0.1) is 46.2 Å². The van der Waals surface area contributed by atoms with Crippen molar-refractivity contribution in [3.63, 3.8) is 0 Å². The zero-order chi connectivity index (χ0) is 17.7. The molecule has 0 aromatic carbocycles. The van der Waals surface area contributed by atoms with Crippen molar-refractivity contribution in [1.29, 1.82) is 0 Å². The van der Waals surface area contributed by atoms with Crippen molar-refractivity contribution in [1.82, 2.24) is 0 Å². The van der Waals surface area contributed by atoms with Crippen LogP contribution >= 0.6 is 11.6 Å². The van der Waals surface area contributed by atoms with Crippen LogP contribution in [-0.2, 0) is 28.5 Å². The Morgan fingerprint density at radius 3 is 1.67 bits per heavy atom. The Morgan fingerprint density at radius 1 is 0.708 bits per heavy atom. The summed E-state index contributed by atoms with van der Waals surface area (Å²) < 4.78 is 26.2. The summed E-state index contributed by atoms with van der Waals surface area (Å²) in [4.78, 5) is 10.7. The molecule has 0 saturated carbocycles. The molecule has 0 amide bonds. The zero-order valence-electron chi connectivity index (χ0n) is 14.5. The fraction of sp³-hybridized carbons (Fsp3) is 0.824. The number of ether oxygens (including phenoxy) is 5. The van der Waals surface area contributed by atoms with E-state index in [2.05, 4.69) is 6.58 Å². The van der Waals surface area contributed by atoms with Crippen LogP contribution < -0.4 is 0 Å². The first-order valence-electron chi connectivity index (χ1n) is 8.47. The Labute approximate surface area is 150 Å². The number of rotatable bonds is 19. The Bertz CT molecular complexity index is 288. The minimum Gasteiger partial charge on any atom is -0.460 e. The van der Waals surface area contributed by atoms with Crippen LogP contribution in [0.1, 0.15) is 25.7 Å². The monoisotopic (exact) mass is 366 g/mol. The molecule has 0 heterocycles. The van der Waals surface area contributed by atoms with Crippen LogP contribution in [-0.4, -0.2) is 71.3 Å². The summed E-state index contributed by atoms with van der Waals surface area (Å²) in [5.41, 5.74) is 0. The number of esters is 1. The van der Waals surface area contributed by atoms with Gasteiger partial charge in [-0.25, -0.2) is 4.79 Å². The van der Waals surface area contributed by atoms with Gasteiger partial charge < -0.3 is 23.7 Å². The molecule has 0 fully saturated rings. The molecular formula is C17H31ClO6. The standard InChI is InChI=1S/C17H31ClO6/c1-2-17(19)24-16-15-23-14-13-22-12-11-21-10-9-20-8-6-4-3-5-7-18/h2H,1,3-16H2. The van der Waals surface area contributed by atoms with Crippen LogP contribution in [0.4, 0.5) is 0 Å². The summed E-state index contributed by atoms with van der Waals surface area (Å²) in [6, 6.07) is 0. The number of hydrogen-bond acceptors (Lipinski definition) is 6. The molecule has 0 bridgehead atoms.